The summed E-state index contributed by atoms with van der Waals surface area (Å²) in [6.07, 6.45) is 0.831. The minimum Gasteiger partial charge on any atom is -0.491 e. The third-order valence-electron chi connectivity index (χ3n) is 2.47. The Labute approximate surface area is 120 Å². The Kier molecular flexibility index (Phi) is 4.18. The van der Waals surface area contributed by atoms with E-state index in [0.717, 1.165) is 6.42 Å². The molecule has 0 fully saturated rings. The van der Waals surface area contributed by atoms with Crippen molar-refractivity contribution in [2.45, 2.75) is 18.2 Å². The maximum Gasteiger partial charge on any atom is 0.261 e. The number of fused-ring (bicyclic) bond motifs is 1. The van der Waals surface area contributed by atoms with Gasteiger partial charge in [-0.05, 0) is 30.7 Å². The molecule has 2 aromatic rings. The Balaban J connectivity index is 2.72. The van der Waals surface area contributed by atoms with Crippen LogP contribution in [0.25, 0.3) is 10.9 Å². The van der Waals surface area contributed by atoms with Gasteiger partial charge in [-0.3, -0.25) is 0 Å². The van der Waals surface area contributed by atoms with Gasteiger partial charge < -0.3 is 4.74 Å². The molecule has 2 rings (SSSR count). The molecular weight excluding hydrogens is 309 g/mol. The molecule has 0 N–H and O–H groups in total. The van der Waals surface area contributed by atoms with Crippen molar-refractivity contribution in [1.82, 2.24) is 4.98 Å². The van der Waals surface area contributed by atoms with Crippen molar-refractivity contribution in [3.8, 4) is 5.75 Å². The number of benzene rings is 1. The first-order valence-electron chi connectivity index (χ1n) is 5.60. The zero-order chi connectivity index (χ0) is 14.0. The predicted molar refractivity (Wildman–Crippen MR) is 75.6 cm³/mol. The largest absolute Gasteiger partial charge is 0.491 e. The number of hydrogen-bond acceptors (Lipinski definition) is 4. The van der Waals surface area contributed by atoms with Gasteiger partial charge in [0.25, 0.3) is 9.05 Å². The van der Waals surface area contributed by atoms with E-state index in [2.05, 4.69) is 4.98 Å². The summed E-state index contributed by atoms with van der Waals surface area (Å²) in [6, 6.07) is 6.03. The zero-order valence-electron chi connectivity index (χ0n) is 10.1. The lowest BCUT2D eigenvalue weighted by atomic mass is 10.2. The first-order chi connectivity index (χ1) is 8.93. The van der Waals surface area contributed by atoms with E-state index in [-0.39, 0.29) is 10.0 Å². The van der Waals surface area contributed by atoms with Crippen molar-refractivity contribution >= 4 is 42.2 Å². The number of aromatic nitrogens is 1. The lowest BCUT2D eigenvalue weighted by molar-refractivity contribution is 0.320. The zero-order valence-corrected chi connectivity index (χ0v) is 12.4. The molecule has 0 aliphatic rings. The van der Waals surface area contributed by atoms with Crippen LogP contribution in [0.2, 0.25) is 5.15 Å². The highest BCUT2D eigenvalue weighted by molar-refractivity contribution is 8.14. The lowest BCUT2D eigenvalue weighted by Gasteiger charge is -2.10. The van der Waals surface area contributed by atoms with Crippen LogP contribution in [-0.4, -0.2) is 20.0 Å². The molecule has 4 nitrogen and oxygen atoms in total. The Hall–Kier alpha value is -1.04. The van der Waals surface area contributed by atoms with Gasteiger partial charge in [-0.1, -0.05) is 18.5 Å². The third-order valence-corrected chi connectivity index (χ3v) is 4.06. The predicted octanol–water partition coefficient (Wildman–Crippen LogP) is 3.60. The molecule has 0 unspecified atom stereocenters. The number of pyridine rings is 1. The summed E-state index contributed by atoms with van der Waals surface area (Å²) >= 11 is 5.84. The Bertz CT molecular complexity index is 716. The number of halogens is 2. The molecule has 1 aromatic carbocycles. The normalized spacial score (nSPS) is 11.7. The standard InChI is InChI=1S/C12H11Cl2NO3S/c1-2-7-18-9-4-5-10(19(14,16)17)8-3-6-11(13)15-12(8)9/h3-6H,2,7H2,1H3. The van der Waals surface area contributed by atoms with Crippen molar-refractivity contribution in [3.05, 3.63) is 29.4 Å². The summed E-state index contributed by atoms with van der Waals surface area (Å²) < 4.78 is 28.6. The second kappa shape index (κ2) is 5.53. The van der Waals surface area contributed by atoms with Crippen LogP contribution in [-0.2, 0) is 9.05 Å². The first kappa shape index (κ1) is 14.4. The maximum atomic E-state index is 11.5. The monoisotopic (exact) mass is 319 g/mol. The minimum absolute atomic E-state index is 0.00261. The molecule has 0 saturated carbocycles. The van der Waals surface area contributed by atoms with Gasteiger partial charge in [0.1, 0.15) is 16.4 Å². The molecule has 0 amide bonds. The van der Waals surface area contributed by atoms with Gasteiger partial charge in [0, 0.05) is 16.1 Å². The number of nitrogens with zero attached hydrogens (tertiary/aromatic N) is 1. The van der Waals surface area contributed by atoms with E-state index in [0.29, 0.717) is 23.3 Å². The quantitative estimate of drug-likeness (QED) is 0.638. The summed E-state index contributed by atoms with van der Waals surface area (Å²) in [5.41, 5.74) is 0.391. The average Bonchev–Trinajstić information content (AvgIpc) is 2.34. The fourth-order valence-electron chi connectivity index (χ4n) is 1.68. The van der Waals surface area contributed by atoms with Crippen molar-refractivity contribution in [1.29, 1.82) is 0 Å². The fourth-order valence-corrected chi connectivity index (χ4v) is 2.89. The van der Waals surface area contributed by atoms with E-state index in [1.165, 1.54) is 18.2 Å². The Morgan fingerprint density at radius 3 is 2.63 bits per heavy atom. The second-order valence-electron chi connectivity index (χ2n) is 3.88. The van der Waals surface area contributed by atoms with Crippen molar-refractivity contribution in [2.75, 3.05) is 6.61 Å². The van der Waals surface area contributed by atoms with Gasteiger partial charge in [-0.15, -0.1) is 0 Å². The second-order valence-corrected chi connectivity index (χ2v) is 6.80. The molecule has 0 aliphatic carbocycles. The molecule has 1 heterocycles. The van der Waals surface area contributed by atoms with Gasteiger partial charge in [0.05, 0.1) is 11.5 Å². The topological polar surface area (TPSA) is 56.3 Å². The molecule has 102 valence electrons. The number of hydrogen-bond donors (Lipinski definition) is 0. The molecule has 0 aliphatic heterocycles. The van der Waals surface area contributed by atoms with E-state index in [1.54, 1.807) is 6.07 Å². The molecule has 0 spiro atoms. The van der Waals surface area contributed by atoms with Crippen LogP contribution in [0.15, 0.2) is 29.2 Å². The van der Waals surface area contributed by atoms with Crippen LogP contribution in [0, 0.1) is 0 Å². The molecule has 7 heteroatoms. The summed E-state index contributed by atoms with van der Waals surface area (Å²) in [7, 11) is 1.56. The van der Waals surface area contributed by atoms with Crippen molar-refractivity contribution < 1.29 is 13.2 Å². The summed E-state index contributed by atoms with van der Waals surface area (Å²) in [6.45, 7) is 2.48. The molecule has 1 aromatic heterocycles. The van der Waals surface area contributed by atoms with E-state index >= 15 is 0 Å². The number of rotatable bonds is 4. The molecule has 19 heavy (non-hydrogen) atoms. The smallest absolute Gasteiger partial charge is 0.261 e. The van der Waals surface area contributed by atoms with Crippen LogP contribution in [0.1, 0.15) is 13.3 Å². The number of ether oxygens (including phenoxy) is 1. The van der Waals surface area contributed by atoms with Gasteiger partial charge in [0.15, 0.2) is 0 Å². The maximum absolute atomic E-state index is 11.5. The van der Waals surface area contributed by atoms with Crippen molar-refractivity contribution in [3.63, 3.8) is 0 Å². The highest BCUT2D eigenvalue weighted by Gasteiger charge is 2.17. The van der Waals surface area contributed by atoms with Crippen LogP contribution in [0.4, 0.5) is 0 Å². The van der Waals surface area contributed by atoms with E-state index in [1.807, 2.05) is 6.92 Å². The highest BCUT2D eigenvalue weighted by atomic mass is 35.7. The van der Waals surface area contributed by atoms with Gasteiger partial charge >= 0.3 is 0 Å². The molecule has 0 radical (unpaired) electrons. The minimum atomic E-state index is -3.85. The van der Waals surface area contributed by atoms with Gasteiger partial charge in [0.2, 0.25) is 0 Å². The summed E-state index contributed by atoms with van der Waals surface area (Å²) in [4.78, 5) is 4.12. The summed E-state index contributed by atoms with van der Waals surface area (Å²) in [5, 5.41) is 0.658. The Morgan fingerprint density at radius 2 is 2.00 bits per heavy atom. The van der Waals surface area contributed by atoms with Crippen LogP contribution in [0.3, 0.4) is 0 Å². The highest BCUT2D eigenvalue weighted by Crippen LogP contribution is 2.32. The van der Waals surface area contributed by atoms with Gasteiger partial charge in [-0.2, -0.15) is 0 Å². The average molecular weight is 320 g/mol. The van der Waals surface area contributed by atoms with Crippen LogP contribution >= 0.6 is 22.3 Å². The van der Waals surface area contributed by atoms with E-state index in [9.17, 15) is 8.42 Å². The third kappa shape index (κ3) is 3.11. The first-order valence-corrected chi connectivity index (χ1v) is 8.29. The summed E-state index contributed by atoms with van der Waals surface area (Å²) in [5.74, 6) is 0.489. The van der Waals surface area contributed by atoms with E-state index < -0.39 is 9.05 Å². The molecule has 0 bridgehead atoms. The van der Waals surface area contributed by atoms with Crippen LogP contribution in [0.5, 0.6) is 5.75 Å². The SMILES string of the molecule is CCCOc1ccc(S(=O)(=O)Cl)c2ccc(Cl)nc12. The fraction of sp³-hybridized carbons (Fsp3) is 0.250. The molecular formula is C12H11Cl2NO3S. The van der Waals surface area contributed by atoms with Crippen molar-refractivity contribution in [2.24, 2.45) is 0 Å². The van der Waals surface area contributed by atoms with Gasteiger partial charge in [-0.25, -0.2) is 13.4 Å². The molecule has 0 saturated heterocycles. The molecule has 0 atom stereocenters. The Morgan fingerprint density at radius 1 is 1.26 bits per heavy atom. The van der Waals surface area contributed by atoms with Crippen LogP contribution < -0.4 is 4.74 Å². The lowest BCUT2D eigenvalue weighted by Crippen LogP contribution is -1.99. The van der Waals surface area contributed by atoms with E-state index in [4.69, 9.17) is 27.0 Å².